The van der Waals surface area contributed by atoms with E-state index in [0.29, 0.717) is 5.92 Å². The molecule has 16 heavy (non-hydrogen) atoms. The molecule has 0 saturated heterocycles. The smallest absolute Gasteiger partial charge is 0.123 e. The number of fused-ring (bicyclic) bond motifs is 2. The highest BCUT2D eigenvalue weighted by Gasteiger charge is 2.44. The maximum atomic E-state index is 9.75. The van der Waals surface area contributed by atoms with E-state index in [2.05, 4.69) is 25.1 Å². The number of hydrogen-bond acceptors (Lipinski definition) is 2. The van der Waals surface area contributed by atoms with Gasteiger partial charge in [0.25, 0.3) is 0 Å². The van der Waals surface area contributed by atoms with Gasteiger partial charge in [-0.05, 0) is 44.2 Å². The molecule has 0 radical (unpaired) electrons. The normalized spacial score (nSPS) is 37.1. The van der Waals surface area contributed by atoms with Crippen molar-refractivity contribution in [3.63, 3.8) is 0 Å². The molecule has 86 valence electrons. The second-order valence-electron chi connectivity index (χ2n) is 5.35. The zero-order valence-electron chi connectivity index (χ0n) is 9.65. The molecule has 2 nitrogen and oxygen atoms in total. The minimum atomic E-state index is -0.132. The highest BCUT2D eigenvalue weighted by Crippen LogP contribution is 2.44. The highest BCUT2D eigenvalue weighted by molar-refractivity contribution is 5.37. The Morgan fingerprint density at radius 1 is 1.38 bits per heavy atom. The molecule has 1 unspecified atom stereocenters. The van der Waals surface area contributed by atoms with Crippen LogP contribution in [0.4, 0.5) is 0 Å². The first kappa shape index (κ1) is 10.2. The van der Waals surface area contributed by atoms with Crippen LogP contribution in [0.15, 0.2) is 24.3 Å². The Kier molecular flexibility index (Phi) is 2.21. The molecule has 1 aliphatic heterocycles. The third-order valence-corrected chi connectivity index (χ3v) is 4.18. The molecule has 1 fully saturated rings. The third kappa shape index (κ3) is 1.52. The number of rotatable bonds is 0. The molecule has 0 bridgehead atoms. The van der Waals surface area contributed by atoms with Crippen molar-refractivity contribution in [1.29, 1.82) is 0 Å². The maximum Gasteiger partial charge on any atom is 0.123 e. The fourth-order valence-electron chi connectivity index (χ4n) is 3.08. The van der Waals surface area contributed by atoms with Gasteiger partial charge in [-0.1, -0.05) is 18.2 Å². The van der Waals surface area contributed by atoms with E-state index < -0.39 is 0 Å². The molecule has 1 aliphatic carbocycles. The molecular weight excluding hydrogens is 200 g/mol. The number of benzene rings is 1. The van der Waals surface area contributed by atoms with E-state index in [4.69, 9.17) is 4.74 Å². The van der Waals surface area contributed by atoms with Crippen LogP contribution in [0.2, 0.25) is 0 Å². The van der Waals surface area contributed by atoms with E-state index in [1.165, 1.54) is 5.56 Å². The average Bonchev–Trinajstić information content (AvgIpc) is 2.27. The minimum absolute atomic E-state index is 0.0619. The Balaban J connectivity index is 1.94. The zero-order chi connectivity index (χ0) is 11.2. The molecule has 0 aromatic heterocycles. The topological polar surface area (TPSA) is 29.5 Å². The number of aliphatic hydroxyl groups is 1. The van der Waals surface area contributed by atoms with Gasteiger partial charge in [0.15, 0.2) is 0 Å². The molecular formula is C14H18O2. The third-order valence-electron chi connectivity index (χ3n) is 4.18. The quantitative estimate of drug-likeness (QED) is 0.725. The Labute approximate surface area is 96.2 Å². The van der Waals surface area contributed by atoms with Gasteiger partial charge < -0.3 is 9.84 Å². The van der Waals surface area contributed by atoms with E-state index in [9.17, 15) is 5.11 Å². The molecule has 2 aliphatic rings. The fraction of sp³-hybridized carbons (Fsp3) is 0.571. The van der Waals surface area contributed by atoms with Crippen molar-refractivity contribution in [3.05, 3.63) is 29.8 Å². The molecule has 3 atom stereocenters. The van der Waals surface area contributed by atoms with Gasteiger partial charge in [-0.2, -0.15) is 0 Å². The van der Waals surface area contributed by atoms with Gasteiger partial charge in [0.1, 0.15) is 11.4 Å². The SMILES string of the molecule is C[C@]12CCC(O)C[C@@H]1Cc1ccccc1O2. The largest absolute Gasteiger partial charge is 0.487 e. The molecule has 3 rings (SSSR count). The molecule has 1 saturated carbocycles. The Hall–Kier alpha value is -1.02. The summed E-state index contributed by atoms with van der Waals surface area (Å²) in [6.07, 6.45) is 3.63. The predicted octanol–water partition coefficient (Wildman–Crippen LogP) is 2.54. The number of ether oxygens (including phenoxy) is 1. The summed E-state index contributed by atoms with van der Waals surface area (Å²) in [4.78, 5) is 0. The van der Waals surface area contributed by atoms with Gasteiger partial charge >= 0.3 is 0 Å². The van der Waals surface area contributed by atoms with Crippen LogP contribution >= 0.6 is 0 Å². The van der Waals surface area contributed by atoms with Gasteiger partial charge in [0.2, 0.25) is 0 Å². The van der Waals surface area contributed by atoms with Crippen molar-refractivity contribution in [2.75, 3.05) is 0 Å². The van der Waals surface area contributed by atoms with E-state index in [1.807, 2.05) is 6.07 Å². The Morgan fingerprint density at radius 3 is 3.06 bits per heavy atom. The molecule has 0 amide bonds. The van der Waals surface area contributed by atoms with Crippen molar-refractivity contribution >= 4 is 0 Å². The Morgan fingerprint density at radius 2 is 2.19 bits per heavy atom. The summed E-state index contributed by atoms with van der Waals surface area (Å²) in [5.41, 5.74) is 1.23. The first-order chi connectivity index (χ1) is 7.67. The van der Waals surface area contributed by atoms with Gasteiger partial charge in [-0.3, -0.25) is 0 Å². The van der Waals surface area contributed by atoms with Gasteiger partial charge in [0, 0.05) is 5.92 Å². The first-order valence-electron chi connectivity index (χ1n) is 6.12. The summed E-state index contributed by atoms with van der Waals surface area (Å²) in [5.74, 6) is 1.50. The second kappa shape index (κ2) is 3.49. The van der Waals surface area contributed by atoms with Crippen molar-refractivity contribution < 1.29 is 9.84 Å². The van der Waals surface area contributed by atoms with Crippen LogP contribution in [0, 0.1) is 5.92 Å². The van der Waals surface area contributed by atoms with Crippen LogP contribution in [-0.4, -0.2) is 16.8 Å². The highest BCUT2D eigenvalue weighted by atomic mass is 16.5. The van der Waals surface area contributed by atoms with Crippen LogP contribution in [0.5, 0.6) is 5.75 Å². The molecule has 1 aromatic rings. The molecule has 1 N–H and O–H groups in total. The predicted molar refractivity (Wildman–Crippen MR) is 62.5 cm³/mol. The Bertz CT molecular complexity index is 401. The van der Waals surface area contributed by atoms with Gasteiger partial charge in [-0.15, -0.1) is 0 Å². The van der Waals surface area contributed by atoms with E-state index >= 15 is 0 Å². The van der Waals surface area contributed by atoms with Crippen LogP contribution in [0.1, 0.15) is 31.7 Å². The molecule has 0 spiro atoms. The lowest BCUT2D eigenvalue weighted by molar-refractivity contribution is -0.0591. The number of hydrogen-bond donors (Lipinski definition) is 1. The summed E-state index contributed by atoms with van der Waals surface area (Å²) in [6, 6.07) is 8.28. The summed E-state index contributed by atoms with van der Waals surface area (Å²) in [7, 11) is 0. The van der Waals surface area contributed by atoms with Crippen molar-refractivity contribution in [2.45, 2.75) is 44.3 Å². The van der Waals surface area contributed by atoms with Crippen LogP contribution < -0.4 is 4.74 Å². The summed E-state index contributed by atoms with van der Waals surface area (Å²) in [5, 5.41) is 9.75. The van der Waals surface area contributed by atoms with Gasteiger partial charge in [-0.25, -0.2) is 0 Å². The maximum absolute atomic E-state index is 9.75. The lowest BCUT2D eigenvalue weighted by Gasteiger charge is -2.46. The zero-order valence-corrected chi connectivity index (χ0v) is 9.65. The molecule has 1 aromatic carbocycles. The van der Waals surface area contributed by atoms with E-state index in [1.54, 1.807) is 0 Å². The van der Waals surface area contributed by atoms with E-state index in [-0.39, 0.29) is 11.7 Å². The lowest BCUT2D eigenvalue weighted by Crippen LogP contribution is -2.49. The van der Waals surface area contributed by atoms with Crippen LogP contribution in [-0.2, 0) is 6.42 Å². The van der Waals surface area contributed by atoms with Crippen molar-refractivity contribution in [1.82, 2.24) is 0 Å². The second-order valence-corrected chi connectivity index (χ2v) is 5.35. The number of aliphatic hydroxyl groups excluding tert-OH is 1. The van der Waals surface area contributed by atoms with Crippen LogP contribution in [0.3, 0.4) is 0 Å². The average molecular weight is 218 g/mol. The first-order valence-corrected chi connectivity index (χ1v) is 6.12. The molecule has 1 heterocycles. The van der Waals surface area contributed by atoms with E-state index in [0.717, 1.165) is 31.4 Å². The lowest BCUT2D eigenvalue weighted by atomic mass is 9.71. The van der Waals surface area contributed by atoms with Crippen LogP contribution in [0.25, 0.3) is 0 Å². The minimum Gasteiger partial charge on any atom is -0.487 e. The molecule has 2 heteroatoms. The fourth-order valence-corrected chi connectivity index (χ4v) is 3.08. The summed E-state index contributed by atoms with van der Waals surface area (Å²) in [6.45, 7) is 2.19. The summed E-state index contributed by atoms with van der Waals surface area (Å²) < 4.78 is 6.16. The van der Waals surface area contributed by atoms with Crippen molar-refractivity contribution in [2.24, 2.45) is 5.92 Å². The monoisotopic (exact) mass is 218 g/mol. The number of para-hydroxylation sites is 1. The summed E-state index contributed by atoms with van der Waals surface area (Å²) >= 11 is 0. The van der Waals surface area contributed by atoms with Gasteiger partial charge in [0.05, 0.1) is 6.10 Å². The van der Waals surface area contributed by atoms with Crippen molar-refractivity contribution in [3.8, 4) is 5.75 Å². The standard InChI is InChI=1S/C14H18O2/c1-14-7-6-12(15)9-11(14)8-10-4-2-3-5-13(10)16-14/h2-5,11-12,15H,6-9H2,1H3/t11-,12?,14-/m0/s1.